The van der Waals surface area contributed by atoms with Crippen molar-refractivity contribution in [2.75, 3.05) is 19.7 Å². The first-order valence-corrected chi connectivity index (χ1v) is 7.69. The minimum atomic E-state index is -0.0453. The minimum Gasteiger partial charge on any atom is -0.486 e. The van der Waals surface area contributed by atoms with Crippen LogP contribution >= 0.6 is 0 Å². The Morgan fingerprint density at radius 2 is 2.04 bits per heavy atom. The Kier molecular flexibility index (Phi) is 5.16. The van der Waals surface area contributed by atoms with Crippen LogP contribution in [0.25, 0.3) is 0 Å². The van der Waals surface area contributed by atoms with Gasteiger partial charge in [0, 0.05) is 19.5 Å². The summed E-state index contributed by atoms with van der Waals surface area (Å²) in [5.41, 5.74) is 0. The van der Waals surface area contributed by atoms with Crippen molar-refractivity contribution in [3.8, 4) is 11.5 Å². The normalized spacial score (nSPS) is 16.1. The van der Waals surface area contributed by atoms with E-state index in [1.807, 2.05) is 30.3 Å². The van der Waals surface area contributed by atoms with Gasteiger partial charge in [-0.1, -0.05) is 12.1 Å². The second-order valence-corrected chi connectivity index (χ2v) is 5.31. The van der Waals surface area contributed by atoms with E-state index in [0.717, 1.165) is 17.3 Å². The molecule has 1 aromatic carbocycles. The predicted octanol–water partition coefficient (Wildman–Crippen LogP) is 1.72. The van der Waals surface area contributed by atoms with E-state index < -0.39 is 0 Å². The van der Waals surface area contributed by atoms with Gasteiger partial charge in [0.15, 0.2) is 11.5 Å². The standard InChI is InChI=1S/C17H20N2O4/c20-17(19-11-13-4-3-9-21-13)7-8-18-10-14-12-22-15-5-1-2-6-16(15)23-14/h1-6,9,14,18H,7-8,10-12H2,(H,19,20)/t14-/m1/s1. The number of fused-ring (bicyclic) bond motifs is 1. The summed E-state index contributed by atoms with van der Waals surface area (Å²) in [4.78, 5) is 11.7. The van der Waals surface area contributed by atoms with Gasteiger partial charge < -0.3 is 24.5 Å². The van der Waals surface area contributed by atoms with Crippen LogP contribution in [0.1, 0.15) is 12.2 Å². The van der Waals surface area contributed by atoms with E-state index in [4.69, 9.17) is 13.9 Å². The highest BCUT2D eigenvalue weighted by molar-refractivity contribution is 5.75. The summed E-state index contributed by atoms with van der Waals surface area (Å²) in [5.74, 6) is 2.28. The Bertz CT molecular complexity index is 627. The number of carbonyl (C=O) groups excluding carboxylic acids is 1. The summed E-state index contributed by atoms with van der Waals surface area (Å²) >= 11 is 0. The number of hydrogen-bond acceptors (Lipinski definition) is 5. The summed E-state index contributed by atoms with van der Waals surface area (Å²) in [6, 6.07) is 11.2. The average Bonchev–Trinajstić information content (AvgIpc) is 3.10. The van der Waals surface area contributed by atoms with Crippen LogP contribution in [0.2, 0.25) is 0 Å². The molecule has 0 radical (unpaired) electrons. The van der Waals surface area contributed by atoms with Crippen LogP contribution in [0.4, 0.5) is 0 Å². The second-order valence-electron chi connectivity index (χ2n) is 5.31. The summed E-state index contributed by atoms with van der Waals surface area (Å²) in [6.07, 6.45) is 1.95. The predicted molar refractivity (Wildman–Crippen MR) is 84.4 cm³/mol. The monoisotopic (exact) mass is 316 g/mol. The van der Waals surface area contributed by atoms with Gasteiger partial charge in [0.2, 0.25) is 5.91 Å². The molecular weight excluding hydrogens is 296 g/mol. The Balaban J connectivity index is 1.30. The van der Waals surface area contributed by atoms with Crippen molar-refractivity contribution in [3.63, 3.8) is 0 Å². The van der Waals surface area contributed by atoms with E-state index in [-0.39, 0.29) is 12.0 Å². The molecule has 1 aromatic heterocycles. The van der Waals surface area contributed by atoms with Crippen LogP contribution < -0.4 is 20.1 Å². The van der Waals surface area contributed by atoms with Gasteiger partial charge in [-0.25, -0.2) is 0 Å². The Morgan fingerprint density at radius 3 is 2.87 bits per heavy atom. The van der Waals surface area contributed by atoms with E-state index >= 15 is 0 Å². The highest BCUT2D eigenvalue weighted by atomic mass is 16.6. The molecular formula is C17H20N2O4. The summed E-state index contributed by atoms with van der Waals surface area (Å²) < 4.78 is 16.6. The summed E-state index contributed by atoms with van der Waals surface area (Å²) in [5, 5.41) is 6.03. The van der Waals surface area contributed by atoms with Crippen molar-refractivity contribution in [3.05, 3.63) is 48.4 Å². The van der Waals surface area contributed by atoms with Gasteiger partial charge >= 0.3 is 0 Å². The number of ether oxygens (including phenoxy) is 2. The average molecular weight is 316 g/mol. The zero-order valence-corrected chi connectivity index (χ0v) is 12.8. The van der Waals surface area contributed by atoms with Gasteiger partial charge in [-0.3, -0.25) is 4.79 Å². The van der Waals surface area contributed by atoms with Gasteiger partial charge in [-0.2, -0.15) is 0 Å². The lowest BCUT2D eigenvalue weighted by Gasteiger charge is -2.26. The number of benzene rings is 1. The van der Waals surface area contributed by atoms with Gasteiger partial charge in [0.1, 0.15) is 18.5 Å². The SMILES string of the molecule is O=C(CCNC[C@@H]1COc2ccccc2O1)NCc1ccco1. The second kappa shape index (κ2) is 7.69. The Labute approximate surface area is 134 Å². The van der Waals surface area contributed by atoms with E-state index in [2.05, 4.69) is 10.6 Å². The number of carbonyl (C=O) groups is 1. The molecule has 6 heteroatoms. The molecule has 0 saturated carbocycles. The fourth-order valence-electron chi connectivity index (χ4n) is 2.32. The molecule has 1 aliphatic heterocycles. The van der Waals surface area contributed by atoms with Crippen LogP contribution in [0.5, 0.6) is 11.5 Å². The summed E-state index contributed by atoms with van der Waals surface area (Å²) in [7, 11) is 0. The molecule has 122 valence electrons. The van der Waals surface area contributed by atoms with Crippen molar-refractivity contribution in [2.45, 2.75) is 19.1 Å². The highest BCUT2D eigenvalue weighted by Gasteiger charge is 2.19. The van der Waals surface area contributed by atoms with E-state index in [1.165, 1.54) is 0 Å². The number of para-hydroxylation sites is 2. The summed E-state index contributed by atoms with van der Waals surface area (Å²) in [6.45, 7) is 2.15. The fraction of sp³-hybridized carbons (Fsp3) is 0.353. The first-order chi connectivity index (χ1) is 11.3. The van der Waals surface area contributed by atoms with Crippen molar-refractivity contribution < 1.29 is 18.7 Å². The molecule has 0 spiro atoms. The van der Waals surface area contributed by atoms with Gasteiger partial charge in [0.05, 0.1) is 12.8 Å². The number of nitrogens with one attached hydrogen (secondary N) is 2. The van der Waals surface area contributed by atoms with Gasteiger partial charge in [0.25, 0.3) is 0 Å². The Morgan fingerprint density at radius 1 is 1.17 bits per heavy atom. The molecule has 23 heavy (non-hydrogen) atoms. The maximum Gasteiger partial charge on any atom is 0.221 e. The maximum atomic E-state index is 11.7. The first-order valence-electron chi connectivity index (χ1n) is 7.69. The van der Waals surface area contributed by atoms with Gasteiger partial charge in [-0.05, 0) is 24.3 Å². The van der Waals surface area contributed by atoms with Crippen molar-refractivity contribution in [1.29, 1.82) is 0 Å². The maximum absolute atomic E-state index is 11.7. The molecule has 2 N–H and O–H groups in total. The number of hydrogen-bond donors (Lipinski definition) is 2. The molecule has 0 bridgehead atoms. The molecule has 3 rings (SSSR count). The molecule has 6 nitrogen and oxygen atoms in total. The molecule has 1 amide bonds. The lowest BCUT2D eigenvalue weighted by Crippen LogP contribution is -2.39. The molecule has 1 aliphatic rings. The Hall–Kier alpha value is -2.47. The molecule has 0 saturated heterocycles. The molecule has 0 unspecified atom stereocenters. The molecule has 0 aliphatic carbocycles. The third kappa shape index (κ3) is 4.50. The zero-order valence-electron chi connectivity index (χ0n) is 12.8. The fourth-order valence-corrected chi connectivity index (χ4v) is 2.32. The number of rotatable bonds is 7. The van der Waals surface area contributed by atoms with Crippen LogP contribution in [-0.4, -0.2) is 31.7 Å². The molecule has 2 aromatic rings. The van der Waals surface area contributed by atoms with Crippen molar-refractivity contribution in [2.24, 2.45) is 0 Å². The lowest BCUT2D eigenvalue weighted by molar-refractivity contribution is -0.121. The minimum absolute atomic E-state index is 0.0138. The molecule has 0 fully saturated rings. The van der Waals surface area contributed by atoms with Crippen molar-refractivity contribution in [1.82, 2.24) is 10.6 Å². The first kappa shape index (κ1) is 15.4. The number of amides is 1. The van der Waals surface area contributed by atoms with Crippen LogP contribution in [0, 0.1) is 0 Å². The lowest BCUT2D eigenvalue weighted by atomic mass is 10.2. The van der Waals surface area contributed by atoms with Crippen LogP contribution in [0.15, 0.2) is 47.1 Å². The van der Waals surface area contributed by atoms with Crippen LogP contribution in [-0.2, 0) is 11.3 Å². The third-order valence-corrected chi connectivity index (χ3v) is 3.51. The van der Waals surface area contributed by atoms with Crippen LogP contribution in [0.3, 0.4) is 0 Å². The van der Waals surface area contributed by atoms with Crippen molar-refractivity contribution >= 4 is 5.91 Å². The van der Waals surface area contributed by atoms with Gasteiger partial charge in [-0.15, -0.1) is 0 Å². The zero-order chi connectivity index (χ0) is 15.9. The quantitative estimate of drug-likeness (QED) is 0.761. The van der Waals surface area contributed by atoms with E-state index in [0.29, 0.717) is 32.7 Å². The third-order valence-electron chi connectivity index (χ3n) is 3.51. The van der Waals surface area contributed by atoms with E-state index in [1.54, 1.807) is 12.3 Å². The smallest absolute Gasteiger partial charge is 0.221 e. The van der Waals surface area contributed by atoms with E-state index in [9.17, 15) is 4.79 Å². The highest BCUT2D eigenvalue weighted by Crippen LogP contribution is 2.30. The number of furan rings is 1. The molecule has 1 atom stereocenters. The largest absolute Gasteiger partial charge is 0.486 e. The topological polar surface area (TPSA) is 72.7 Å². The molecule has 2 heterocycles.